The molecule has 4 heteroatoms. The fourth-order valence-electron chi connectivity index (χ4n) is 3.53. The molecule has 0 spiro atoms. The third kappa shape index (κ3) is 1.97. The number of rotatable bonds is 3. The van der Waals surface area contributed by atoms with Gasteiger partial charge in [-0.05, 0) is 67.3 Å². The summed E-state index contributed by atoms with van der Waals surface area (Å²) >= 11 is 0. The molecule has 110 valence electrons. The van der Waals surface area contributed by atoms with Crippen molar-refractivity contribution in [2.75, 3.05) is 6.61 Å². The van der Waals surface area contributed by atoms with Crippen molar-refractivity contribution in [2.24, 2.45) is 5.92 Å². The van der Waals surface area contributed by atoms with Gasteiger partial charge in [0.2, 0.25) is 0 Å². The third-order valence-electron chi connectivity index (χ3n) is 4.98. The van der Waals surface area contributed by atoms with Crippen LogP contribution in [0.4, 0.5) is 0 Å². The molecule has 3 heterocycles. The van der Waals surface area contributed by atoms with Crippen LogP contribution < -0.4 is 5.32 Å². The van der Waals surface area contributed by atoms with Crippen LogP contribution in [-0.2, 0) is 16.1 Å². The number of fused-ring (bicyclic) bond motifs is 2. The van der Waals surface area contributed by atoms with Crippen molar-refractivity contribution in [1.29, 1.82) is 0 Å². The smallest absolute Gasteiger partial charge is 0.252 e. The highest BCUT2D eigenvalue weighted by atomic mass is 16.5. The van der Waals surface area contributed by atoms with Gasteiger partial charge in [0.05, 0.1) is 13.2 Å². The van der Waals surface area contributed by atoms with Gasteiger partial charge in [0.25, 0.3) is 5.91 Å². The number of ether oxygens (including phenoxy) is 1. The molecule has 0 radical (unpaired) electrons. The van der Waals surface area contributed by atoms with Crippen molar-refractivity contribution >= 4 is 16.8 Å². The summed E-state index contributed by atoms with van der Waals surface area (Å²) in [4.78, 5) is 15.6. The summed E-state index contributed by atoms with van der Waals surface area (Å²) < 4.78 is 5.63. The highest BCUT2D eigenvalue weighted by Crippen LogP contribution is 2.48. The molecular weight excluding hydrogens is 264 g/mol. The van der Waals surface area contributed by atoms with Gasteiger partial charge in [-0.3, -0.25) is 4.79 Å². The molecule has 1 amide bonds. The van der Waals surface area contributed by atoms with Crippen molar-refractivity contribution in [3.05, 3.63) is 35.0 Å². The minimum absolute atomic E-state index is 0.0438. The van der Waals surface area contributed by atoms with Gasteiger partial charge in [-0.25, -0.2) is 0 Å². The lowest BCUT2D eigenvalue weighted by Gasteiger charge is -2.33. The lowest BCUT2D eigenvalue weighted by atomic mass is 9.74. The van der Waals surface area contributed by atoms with E-state index in [0.717, 1.165) is 30.7 Å². The Morgan fingerprint density at radius 1 is 1.33 bits per heavy atom. The second kappa shape index (κ2) is 4.34. The maximum Gasteiger partial charge on any atom is 0.252 e. The van der Waals surface area contributed by atoms with E-state index in [4.69, 9.17) is 4.74 Å². The minimum Gasteiger partial charge on any atom is -0.365 e. The number of aryl methyl sites for hydroxylation is 2. The Morgan fingerprint density at radius 3 is 2.81 bits per heavy atom. The molecule has 2 bridgehead atoms. The van der Waals surface area contributed by atoms with Gasteiger partial charge < -0.3 is 15.0 Å². The molecule has 2 aromatic rings. The maximum atomic E-state index is 12.3. The molecule has 5 rings (SSSR count). The number of amides is 1. The second-order valence-corrected chi connectivity index (χ2v) is 6.58. The first-order valence-electron chi connectivity index (χ1n) is 7.57. The molecule has 0 atom stereocenters. The molecule has 4 nitrogen and oxygen atoms in total. The van der Waals surface area contributed by atoms with Crippen LogP contribution >= 0.6 is 0 Å². The van der Waals surface area contributed by atoms with E-state index in [2.05, 4.69) is 42.3 Å². The molecule has 0 unspecified atom stereocenters. The number of hydrogen-bond donors (Lipinski definition) is 2. The topological polar surface area (TPSA) is 54.1 Å². The van der Waals surface area contributed by atoms with E-state index in [0.29, 0.717) is 12.5 Å². The average Bonchev–Trinajstić information content (AvgIpc) is 3.09. The molecule has 2 aliphatic heterocycles. The Bertz CT molecular complexity index is 681. The number of H-pyrrole nitrogens is 1. The zero-order valence-electron chi connectivity index (χ0n) is 12.5. The molecule has 2 N–H and O–H groups in total. The zero-order valence-corrected chi connectivity index (χ0v) is 12.5. The van der Waals surface area contributed by atoms with E-state index >= 15 is 0 Å². The van der Waals surface area contributed by atoms with Crippen LogP contribution in [-0.4, -0.2) is 23.1 Å². The van der Waals surface area contributed by atoms with Crippen LogP contribution in [0.25, 0.3) is 10.9 Å². The van der Waals surface area contributed by atoms with Gasteiger partial charge in [0.15, 0.2) is 0 Å². The van der Waals surface area contributed by atoms with Crippen molar-refractivity contribution in [2.45, 2.75) is 38.8 Å². The number of carbonyl (C=O) groups excluding carboxylic acids is 1. The number of hydrogen-bond acceptors (Lipinski definition) is 2. The fraction of sp³-hybridized carbons (Fsp3) is 0.471. The standard InChI is InChI=1S/C17H20N2O2/c1-10-3-13-5-14(19-15(13)4-11(10)2)8-18-16(20)17-6-12(7-17)9-21-17/h3-5,12,19H,6-9H2,1-2H3,(H,18,20). The summed E-state index contributed by atoms with van der Waals surface area (Å²) in [7, 11) is 0. The molecule has 1 aromatic carbocycles. The average molecular weight is 284 g/mol. The summed E-state index contributed by atoms with van der Waals surface area (Å²) in [6.07, 6.45) is 1.79. The number of nitrogens with one attached hydrogen (secondary N) is 2. The predicted octanol–water partition coefficient (Wildman–Crippen LogP) is 2.58. The van der Waals surface area contributed by atoms with E-state index in [1.54, 1.807) is 0 Å². The summed E-state index contributed by atoms with van der Waals surface area (Å²) in [5.74, 6) is 0.650. The Kier molecular flexibility index (Phi) is 2.67. The predicted molar refractivity (Wildman–Crippen MR) is 81.0 cm³/mol. The van der Waals surface area contributed by atoms with Crippen LogP contribution in [0, 0.1) is 19.8 Å². The number of aromatic amines is 1. The van der Waals surface area contributed by atoms with Gasteiger partial charge >= 0.3 is 0 Å². The number of carbonyl (C=O) groups is 1. The van der Waals surface area contributed by atoms with Gasteiger partial charge in [-0.2, -0.15) is 0 Å². The highest BCUT2D eigenvalue weighted by molar-refractivity contribution is 5.87. The lowest BCUT2D eigenvalue weighted by Crippen LogP contribution is -2.50. The fourth-order valence-corrected chi connectivity index (χ4v) is 3.53. The molecule has 1 aliphatic carbocycles. The molecule has 1 saturated carbocycles. The maximum absolute atomic E-state index is 12.3. The second-order valence-electron chi connectivity index (χ2n) is 6.58. The monoisotopic (exact) mass is 284 g/mol. The van der Waals surface area contributed by atoms with Gasteiger partial charge in [-0.1, -0.05) is 0 Å². The SMILES string of the molecule is Cc1cc2cc(CNC(=O)C34CC(CO3)C4)[nH]c2cc1C. The van der Waals surface area contributed by atoms with E-state index in [1.165, 1.54) is 16.5 Å². The van der Waals surface area contributed by atoms with Gasteiger partial charge in [0, 0.05) is 11.2 Å². The molecule has 3 aliphatic rings. The van der Waals surface area contributed by atoms with Crippen molar-refractivity contribution in [3.63, 3.8) is 0 Å². The van der Waals surface area contributed by atoms with Crippen molar-refractivity contribution in [3.8, 4) is 0 Å². The summed E-state index contributed by atoms with van der Waals surface area (Å²) in [6, 6.07) is 6.45. The van der Waals surface area contributed by atoms with Crippen molar-refractivity contribution < 1.29 is 9.53 Å². The normalized spacial score (nSPS) is 26.9. The quantitative estimate of drug-likeness (QED) is 0.910. The Balaban J connectivity index is 1.48. The number of benzene rings is 1. The van der Waals surface area contributed by atoms with E-state index < -0.39 is 5.60 Å². The molecular formula is C17H20N2O2. The van der Waals surface area contributed by atoms with E-state index in [1.807, 2.05) is 0 Å². The first-order valence-corrected chi connectivity index (χ1v) is 7.57. The van der Waals surface area contributed by atoms with Gasteiger partial charge in [0.1, 0.15) is 5.60 Å². The summed E-state index contributed by atoms with van der Waals surface area (Å²) in [5.41, 5.74) is 4.22. The van der Waals surface area contributed by atoms with Crippen LogP contribution in [0.1, 0.15) is 29.7 Å². The molecule has 2 saturated heterocycles. The first kappa shape index (κ1) is 12.9. The zero-order chi connectivity index (χ0) is 14.6. The van der Waals surface area contributed by atoms with Crippen LogP contribution in [0.15, 0.2) is 18.2 Å². The Hall–Kier alpha value is -1.81. The summed E-state index contributed by atoms with van der Waals surface area (Å²) in [6.45, 7) is 5.51. The van der Waals surface area contributed by atoms with Crippen LogP contribution in [0.2, 0.25) is 0 Å². The largest absolute Gasteiger partial charge is 0.365 e. The number of aromatic nitrogens is 1. The molecule has 1 aromatic heterocycles. The molecule has 21 heavy (non-hydrogen) atoms. The van der Waals surface area contributed by atoms with Crippen LogP contribution in [0.3, 0.4) is 0 Å². The lowest BCUT2D eigenvalue weighted by molar-refractivity contribution is -0.143. The molecule has 3 fully saturated rings. The Labute approximate surface area is 123 Å². The van der Waals surface area contributed by atoms with E-state index in [9.17, 15) is 4.79 Å². The minimum atomic E-state index is -0.510. The Morgan fingerprint density at radius 2 is 2.10 bits per heavy atom. The van der Waals surface area contributed by atoms with Crippen LogP contribution in [0.5, 0.6) is 0 Å². The van der Waals surface area contributed by atoms with Gasteiger partial charge in [-0.15, -0.1) is 0 Å². The van der Waals surface area contributed by atoms with E-state index in [-0.39, 0.29) is 5.91 Å². The van der Waals surface area contributed by atoms with Crippen molar-refractivity contribution in [1.82, 2.24) is 10.3 Å². The summed E-state index contributed by atoms with van der Waals surface area (Å²) in [5, 5.41) is 4.21. The highest BCUT2D eigenvalue weighted by Gasteiger charge is 2.57. The first-order chi connectivity index (χ1) is 10.1. The third-order valence-corrected chi connectivity index (χ3v) is 4.98.